The van der Waals surface area contributed by atoms with Crippen LogP contribution < -0.4 is 0 Å². The summed E-state index contributed by atoms with van der Waals surface area (Å²) in [6, 6.07) is 1.40. The molecule has 144 valence electrons. The van der Waals surface area contributed by atoms with Crippen molar-refractivity contribution in [1.29, 1.82) is 0 Å². The number of rotatable bonds is 3. The third-order valence-corrected chi connectivity index (χ3v) is 7.21. The van der Waals surface area contributed by atoms with Crippen LogP contribution >= 0.6 is 0 Å². The van der Waals surface area contributed by atoms with Crippen LogP contribution in [-0.2, 0) is 9.47 Å². The Bertz CT molecular complexity index is 594. The molecule has 6 rings (SSSR count). The Kier molecular flexibility index (Phi) is 4.09. The molecular formula is C21H32N2O3. The second kappa shape index (κ2) is 6.23. The molecule has 0 aromatic heterocycles. The zero-order chi connectivity index (χ0) is 17.9. The van der Waals surface area contributed by atoms with Gasteiger partial charge in [-0.1, -0.05) is 0 Å². The summed E-state index contributed by atoms with van der Waals surface area (Å²) in [5.41, 5.74) is -0.409. The number of amidine groups is 1. The molecular weight excluding hydrogens is 328 g/mol. The largest absolute Gasteiger partial charge is 0.462 e. The number of ether oxygens (including phenoxy) is 2. The molecule has 4 aliphatic carbocycles. The molecule has 0 amide bonds. The van der Waals surface area contributed by atoms with E-state index in [9.17, 15) is 5.11 Å². The van der Waals surface area contributed by atoms with E-state index in [1.54, 1.807) is 0 Å². The summed E-state index contributed by atoms with van der Waals surface area (Å²) >= 11 is 0. The molecule has 0 aromatic rings. The number of nitrogens with zero attached hydrogens (tertiary/aromatic N) is 2. The maximum absolute atomic E-state index is 11.0. The molecule has 2 heterocycles. The molecule has 3 unspecified atom stereocenters. The van der Waals surface area contributed by atoms with Crippen molar-refractivity contribution in [3.05, 3.63) is 12.3 Å². The highest BCUT2D eigenvalue weighted by atomic mass is 16.5. The normalized spacial score (nSPS) is 46.9. The monoisotopic (exact) mass is 360 g/mol. The first-order chi connectivity index (χ1) is 12.5. The highest BCUT2D eigenvalue weighted by Gasteiger charge is 2.58. The Labute approximate surface area is 156 Å². The maximum Gasteiger partial charge on any atom is 0.293 e. The fourth-order valence-corrected chi connectivity index (χ4v) is 6.69. The van der Waals surface area contributed by atoms with Gasteiger partial charge in [0.25, 0.3) is 6.02 Å². The molecule has 0 radical (unpaired) electrons. The molecule has 2 aliphatic heterocycles. The van der Waals surface area contributed by atoms with E-state index in [0.29, 0.717) is 23.8 Å². The van der Waals surface area contributed by atoms with Crippen LogP contribution in [0.3, 0.4) is 0 Å². The fourth-order valence-electron chi connectivity index (χ4n) is 6.69. The van der Waals surface area contributed by atoms with E-state index in [1.807, 2.05) is 6.20 Å². The molecule has 5 heteroatoms. The predicted molar refractivity (Wildman–Crippen MR) is 99.7 cm³/mol. The van der Waals surface area contributed by atoms with Crippen molar-refractivity contribution in [1.82, 2.24) is 4.90 Å². The fraction of sp³-hybridized carbons (Fsp3) is 0.857. The predicted octanol–water partition coefficient (Wildman–Crippen LogP) is 3.08. The molecule has 4 atom stereocenters. The summed E-state index contributed by atoms with van der Waals surface area (Å²) in [7, 11) is 0. The highest BCUT2D eigenvalue weighted by Crippen LogP contribution is 2.57. The van der Waals surface area contributed by atoms with Crippen LogP contribution in [-0.4, -0.2) is 52.5 Å². The molecule has 4 saturated carbocycles. The van der Waals surface area contributed by atoms with Crippen LogP contribution in [0.25, 0.3) is 0 Å². The summed E-state index contributed by atoms with van der Waals surface area (Å²) in [5, 5.41) is 11.0. The van der Waals surface area contributed by atoms with Crippen LogP contribution in [0.15, 0.2) is 17.3 Å². The van der Waals surface area contributed by atoms with Gasteiger partial charge in [-0.25, -0.2) is 4.99 Å². The Morgan fingerprint density at radius 3 is 2.65 bits per heavy atom. The molecule has 5 nitrogen and oxygen atoms in total. The maximum atomic E-state index is 11.0. The van der Waals surface area contributed by atoms with Crippen molar-refractivity contribution in [2.45, 2.75) is 88.7 Å². The Morgan fingerprint density at radius 1 is 1.27 bits per heavy atom. The first kappa shape index (κ1) is 17.1. The standard InChI is InChI=1S/C21H32N2O3/c1-13(2)26-20-22-6-5-17(18-4-3-7-25-18)23(20)19-15-8-14-9-16(19)12-21(24,10-14)11-15/h5-6,13-19,24H,3-4,7-12H2,1-2H3/t14?,15?,16?,17?,18-,19?,21?/m0/s1. The first-order valence-electron chi connectivity index (χ1n) is 10.6. The third kappa shape index (κ3) is 2.78. The van der Waals surface area contributed by atoms with E-state index in [2.05, 4.69) is 29.8 Å². The zero-order valence-electron chi connectivity index (χ0n) is 16.0. The van der Waals surface area contributed by atoms with Crippen molar-refractivity contribution in [3.63, 3.8) is 0 Å². The van der Waals surface area contributed by atoms with Gasteiger partial charge in [-0.15, -0.1) is 0 Å². The van der Waals surface area contributed by atoms with Crippen molar-refractivity contribution in [2.24, 2.45) is 22.7 Å². The van der Waals surface area contributed by atoms with Crippen LogP contribution in [0.4, 0.5) is 0 Å². The van der Waals surface area contributed by atoms with Crippen molar-refractivity contribution < 1.29 is 14.6 Å². The van der Waals surface area contributed by atoms with Crippen molar-refractivity contribution in [2.75, 3.05) is 6.61 Å². The minimum absolute atomic E-state index is 0.105. The van der Waals surface area contributed by atoms with Crippen LogP contribution in [0.2, 0.25) is 0 Å². The summed E-state index contributed by atoms with van der Waals surface area (Å²) in [4.78, 5) is 7.11. The molecule has 1 saturated heterocycles. The lowest BCUT2D eigenvalue weighted by molar-refractivity contribution is -0.160. The highest BCUT2D eigenvalue weighted by molar-refractivity contribution is 5.77. The Morgan fingerprint density at radius 2 is 2.04 bits per heavy atom. The van der Waals surface area contributed by atoms with Gasteiger partial charge < -0.3 is 19.5 Å². The van der Waals surface area contributed by atoms with Gasteiger partial charge in [0.05, 0.1) is 23.9 Å². The molecule has 0 spiro atoms. The third-order valence-electron chi connectivity index (χ3n) is 7.21. The van der Waals surface area contributed by atoms with E-state index in [0.717, 1.165) is 44.7 Å². The van der Waals surface area contributed by atoms with Gasteiger partial charge in [0.15, 0.2) is 0 Å². The lowest BCUT2D eigenvalue weighted by Gasteiger charge is -2.61. The number of hydrogen-bond donors (Lipinski definition) is 1. The second-order valence-corrected chi connectivity index (χ2v) is 9.55. The van der Waals surface area contributed by atoms with Gasteiger partial charge in [0.2, 0.25) is 0 Å². The van der Waals surface area contributed by atoms with E-state index in [1.165, 1.54) is 12.8 Å². The van der Waals surface area contributed by atoms with Gasteiger partial charge in [0.1, 0.15) is 0 Å². The van der Waals surface area contributed by atoms with E-state index in [4.69, 9.17) is 9.47 Å². The van der Waals surface area contributed by atoms with Gasteiger partial charge in [-0.3, -0.25) is 0 Å². The second-order valence-electron chi connectivity index (χ2n) is 9.55. The molecule has 5 fully saturated rings. The van der Waals surface area contributed by atoms with E-state index in [-0.39, 0.29) is 18.2 Å². The SMILES string of the molecule is CC(C)OC1=NC=CC([C@@H]2CCCO2)N1C1C2CC3CC1CC(O)(C3)C2. The quantitative estimate of drug-likeness (QED) is 0.840. The van der Waals surface area contributed by atoms with E-state index >= 15 is 0 Å². The summed E-state index contributed by atoms with van der Waals surface area (Å²) in [6.07, 6.45) is 12.1. The zero-order valence-corrected chi connectivity index (χ0v) is 16.0. The average Bonchev–Trinajstić information content (AvgIpc) is 3.07. The van der Waals surface area contributed by atoms with Crippen LogP contribution in [0, 0.1) is 17.8 Å². The first-order valence-corrected chi connectivity index (χ1v) is 10.6. The molecule has 1 N–H and O–H groups in total. The summed E-state index contributed by atoms with van der Waals surface area (Å²) < 4.78 is 12.3. The molecule has 4 bridgehead atoms. The Balaban J connectivity index is 1.48. The topological polar surface area (TPSA) is 54.3 Å². The van der Waals surface area contributed by atoms with Crippen molar-refractivity contribution >= 4 is 6.02 Å². The average molecular weight is 360 g/mol. The summed E-state index contributed by atoms with van der Waals surface area (Å²) in [6.45, 7) is 5.00. The summed E-state index contributed by atoms with van der Waals surface area (Å²) in [5.74, 6) is 1.80. The van der Waals surface area contributed by atoms with Crippen LogP contribution in [0.1, 0.15) is 58.8 Å². The minimum atomic E-state index is -0.409. The number of aliphatic imine (C=N–C) groups is 1. The molecule has 0 aromatic carbocycles. The lowest BCUT2D eigenvalue weighted by Crippen LogP contribution is -2.66. The van der Waals surface area contributed by atoms with Gasteiger partial charge in [0, 0.05) is 18.8 Å². The van der Waals surface area contributed by atoms with E-state index < -0.39 is 5.60 Å². The Hall–Kier alpha value is -1.07. The smallest absolute Gasteiger partial charge is 0.293 e. The van der Waals surface area contributed by atoms with Gasteiger partial charge in [-0.05, 0) is 82.6 Å². The molecule has 26 heavy (non-hydrogen) atoms. The minimum Gasteiger partial charge on any atom is -0.462 e. The van der Waals surface area contributed by atoms with Gasteiger partial charge >= 0.3 is 0 Å². The number of aliphatic hydroxyl groups is 1. The van der Waals surface area contributed by atoms with Gasteiger partial charge in [-0.2, -0.15) is 0 Å². The number of hydrogen-bond acceptors (Lipinski definition) is 5. The molecule has 6 aliphatic rings. The van der Waals surface area contributed by atoms with Crippen molar-refractivity contribution in [3.8, 4) is 0 Å². The van der Waals surface area contributed by atoms with Crippen LogP contribution in [0.5, 0.6) is 0 Å². The lowest BCUT2D eigenvalue weighted by atomic mass is 9.52.